The molecule has 0 aliphatic carbocycles. The number of rotatable bonds is 6. The summed E-state index contributed by atoms with van der Waals surface area (Å²) >= 11 is 9.36. The van der Waals surface area contributed by atoms with Gasteiger partial charge in [0.2, 0.25) is 0 Å². The van der Waals surface area contributed by atoms with E-state index in [-0.39, 0.29) is 5.56 Å². The lowest BCUT2D eigenvalue weighted by Crippen LogP contribution is -2.18. The number of hydrogen-bond acceptors (Lipinski definition) is 5. The van der Waals surface area contributed by atoms with Gasteiger partial charge < -0.3 is 14.2 Å². The van der Waals surface area contributed by atoms with E-state index in [4.69, 9.17) is 25.8 Å². The number of amides is 1. The average molecular weight is 428 g/mol. The van der Waals surface area contributed by atoms with Crippen LogP contribution in [0.3, 0.4) is 0 Å². The molecule has 2 aromatic carbocycles. The molecular weight excluding hydrogens is 412 g/mol. The van der Waals surface area contributed by atoms with Crippen LogP contribution in [-0.2, 0) is 0 Å². The van der Waals surface area contributed by atoms with Crippen LogP contribution in [0.15, 0.2) is 39.9 Å². The highest BCUT2D eigenvalue weighted by Gasteiger charge is 2.13. The third-order valence-corrected chi connectivity index (χ3v) is 4.36. The molecule has 0 saturated heterocycles. The van der Waals surface area contributed by atoms with Crippen LogP contribution in [0, 0.1) is 0 Å². The maximum absolute atomic E-state index is 12.3. The summed E-state index contributed by atoms with van der Waals surface area (Å²) < 4.78 is 16.4. The number of nitrogens with zero attached hydrogens (tertiary/aromatic N) is 1. The van der Waals surface area contributed by atoms with Gasteiger partial charge in [-0.05, 0) is 46.3 Å². The Morgan fingerprint density at radius 1 is 1.08 bits per heavy atom. The Kier molecular flexibility index (Phi) is 6.66. The molecule has 0 radical (unpaired) electrons. The summed E-state index contributed by atoms with van der Waals surface area (Å²) in [5, 5.41) is 4.40. The Bertz CT molecular complexity index is 811. The summed E-state index contributed by atoms with van der Waals surface area (Å²) in [5.41, 5.74) is 3.35. The van der Waals surface area contributed by atoms with E-state index in [9.17, 15) is 4.79 Å². The summed E-state index contributed by atoms with van der Waals surface area (Å²) in [6.07, 6.45) is 1.46. The van der Waals surface area contributed by atoms with Crippen molar-refractivity contribution in [2.45, 2.75) is 0 Å². The van der Waals surface area contributed by atoms with Gasteiger partial charge in [-0.15, -0.1) is 0 Å². The zero-order chi connectivity index (χ0) is 18.4. The number of methoxy groups -OCH3 is 3. The zero-order valence-electron chi connectivity index (χ0n) is 13.8. The SMILES string of the molecule is COc1ccc(Cl)cc1C(=O)N/N=C/c1c(OC)ccc(OC)c1Br. The summed E-state index contributed by atoms with van der Waals surface area (Å²) in [6.45, 7) is 0. The summed E-state index contributed by atoms with van der Waals surface area (Å²) in [7, 11) is 4.57. The van der Waals surface area contributed by atoms with Crippen LogP contribution in [0.25, 0.3) is 0 Å². The van der Waals surface area contributed by atoms with Gasteiger partial charge in [0.15, 0.2) is 0 Å². The van der Waals surface area contributed by atoms with Crippen LogP contribution in [-0.4, -0.2) is 33.5 Å². The van der Waals surface area contributed by atoms with Crippen LogP contribution in [0.5, 0.6) is 17.2 Å². The molecule has 0 aliphatic rings. The minimum atomic E-state index is -0.450. The van der Waals surface area contributed by atoms with Crippen molar-refractivity contribution in [1.82, 2.24) is 5.43 Å². The second kappa shape index (κ2) is 8.73. The number of ether oxygens (including phenoxy) is 3. The van der Waals surface area contributed by atoms with Crippen molar-refractivity contribution in [3.8, 4) is 17.2 Å². The third kappa shape index (κ3) is 4.43. The fraction of sp³-hybridized carbons (Fsp3) is 0.176. The Morgan fingerprint density at radius 3 is 2.32 bits per heavy atom. The van der Waals surface area contributed by atoms with Crippen molar-refractivity contribution >= 4 is 39.7 Å². The molecule has 0 saturated carbocycles. The van der Waals surface area contributed by atoms with Crippen molar-refractivity contribution in [3.63, 3.8) is 0 Å². The summed E-state index contributed by atoms with van der Waals surface area (Å²) in [4.78, 5) is 12.3. The minimum Gasteiger partial charge on any atom is -0.496 e. The largest absolute Gasteiger partial charge is 0.496 e. The maximum atomic E-state index is 12.3. The molecule has 25 heavy (non-hydrogen) atoms. The molecule has 8 heteroatoms. The molecule has 6 nitrogen and oxygen atoms in total. The first-order valence-corrected chi connectivity index (χ1v) is 8.26. The Labute approximate surface area is 158 Å². The second-order valence-electron chi connectivity index (χ2n) is 4.74. The maximum Gasteiger partial charge on any atom is 0.275 e. The highest BCUT2D eigenvalue weighted by Crippen LogP contribution is 2.33. The van der Waals surface area contributed by atoms with E-state index in [0.717, 1.165) is 0 Å². The number of nitrogens with one attached hydrogen (secondary N) is 1. The number of hydrazone groups is 1. The topological polar surface area (TPSA) is 69.2 Å². The van der Waals surface area contributed by atoms with Crippen molar-refractivity contribution in [2.24, 2.45) is 5.10 Å². The van der Waals surface area contributed by atoms with Gasteiger partial charge in [0.25, 0.3) is 5.91 Å². The molecule has 0 aromatic heterocycles. The van der Waals surface area contributed by atoms with E-state index >= 15 is 0 Å². The lowest BCUT2D eigenvalue weighted by molar-refractivity contribution is 0.0952. The second-order valence-corrected chi connectivity index (χ2v) is 5.97. The first-order chi connectivity index (χ1) is 12.0. The van der Waals surface area contributed by atoms with E-state index in [1.807, 2.05) is 0 Å². The van der Waals surface area contributed by atoms with Gasteiger partial charge in [0, 0.05) is 5.02 Å². The molecule has 0 heterocycles. The molecule has 132 valence electrons. The first kappa shape index (κ1) is 19.1. The molecule has 0 unspecified atom stereocenters. The minimum absolute atomic E-state index is 0.281. The lowest BCUT2D eigenvalue weighted by atomic mass is 10.2. The highest BCUT2D eigenvalue weighted by molar-refractivity contribution is 9.10. The molecule has 0 fully saturated rings. The standard InChI is InChI=1S/C17H16BrClN2O4/c1-23-13-5-4-10(19)8-11(13)17(22)21-20-9-12-14(24-2)6-7-15(25-3)16(12)18/h4-9H,1-3H3,(H,21,22)/b20-9+. The highest BCUT2D eigenvalue weighted by atomic mass is 79.9. The van der Waals surface area contributed by atoms with E-state index in [1.54, 1.807) is 38.5 Å². The van der Waals surface area contributed by atoms with Crippen LogP contribution < -0.4 is 19.6 Å². The van der Waals surface area contributed by atoms with Crippen molar-refractivity contribution in [1.29, 1.82) is 0 Å². The fourth-order valence-electron chi connectivity index (χ4n) is 2.08. The number of hydrogen-bond donors (Lipinski definition) is 1. The molecule has 2 rings (SSSR count). The van der Waals surface area contributed by atoms with Gasteiger partial charge in [0.05, 0.1) is 43.1 Å². The predicted octanol–water partition coefficient (Wildman–Crippen LogP) is 3.89. The Balaban J connectivity index is 2.24. The smallest absolute Gasteiger partial charge is 0.275 e. The van der Waals surface area contributed by atoms with Crippen LogP contribution in [0.2, 0.25) is 5.02 Å². The molecule has 0 spiro atoms. The normalized spacial score (nSPS) is 10.6. The molecule has 0 bridgehead atoms. The predicted molar refractivity (Wildman–Crippen MR) is 100 cm³/mol. The van der Waals surface area contributed by atoms with Crippen LogP contribution in [0.4, 0.5) is 0 Å². The van der Waals surface area contributed by atoms with E-state index < -0.39 is 5.91 Å². The van der Waals surface area contributed by atoms with Crippen molar-refractivity contribution in [3.05, 3.63) is 51.0 Å². The van der Waals surface area contributed by atoms with Gasteiger partial charge in [-0.2, -0.15) is 5.10 Å². The molecular formula is C17H16BrClN2O4. The Hall–Kier alpha value is -2.25. The molecule has 0 atom stereocenters. The van der Waals surface area contributed by atoms with Gasteiger partial charge in [0.1, 0.15) is 17.2 Å². The third-order valence-electron chi connectivity index (χ3n) is 3.31. The van der Waals surface area contributed by atoms with E-state index in [2.05, 4.69) is 26.5 Å². The van der Waals surface area contributed by atoms with E-state index in [0.29, 0.717) is 32.3 Å². The van der Waals surface area contributed by atoms with Crippen LogP contribution >= 0.6 is 27.5 Å². The summed E-state index contributed by atoms with van der Waals surface area (Å²) in [5.74, 6) is 1.14. The van der Waals surface area contributed by atoms with Gasteiger partial charge in [-0.25, -0.2) is 5.43 Å². The van der Waals surface area contributed by atoms with E-state index in [1.165, 1.54) is 19.4 Å². The van der Waals surface area contributed by atoms with Crippen LogP contribution in [0.1, 0.15) is 15.9 Å². The number of halogens is 2. The summed E-state index contributed by atoms with van der Waals surface area (Å²) in [6, 6.07) is 8.26. The average Bonchev–Trinajstić information content (AvgIpc) is 2.62. The molecule has 2 aromatic rings. The number of carbonyl (C=O) groups is 1. The first-order valence-electron chi connectivity index (χ1n) is 7.09. The fourth-order valence-corrected chi connectivity index (χ4v) is 2.85. The molecule has 1 amide bonds. The molecule has 1 N–H and O–H groups in total. The quantitative estimate of drug-likeness (QED) is 0.561. The van der Waals surface area contributed by atoms with Crippen molar-refractivity contribution in [2.75, 3.05) is 21.3 Å². The van der Waals surface area contributed by atoms with Gasteiger partial charge in [-0.1, -0.05) is 11.6 Å². The molecule has 0 aliphatic heterocycles. The number of carbonyl (C=O) groups excluding carboxylic acids is 1. The number of benzene rings is 2. The monoisotopic (exact) mass is 426 g/mol. The zero-order valence-corrected chi connectivity index (χ0v) is 16.1. The van der Waals surface area contributed by atoms with Crippen molar-refractivity contribution < 1.29 is 19.0 Å². The van der Waals surface area contributed by atoms with Gasteiger partial charge in [-0.3, -0.25) is 4.79 Å². The van der Waals surface area contributed by atoms with Gasteiger partial charge >= 0.3 is 0 Å². The lowest BCUT2D eigenvalue weighted by Gasteiger charge is -2.10. The Morgan fingerprint density at radius 2 is 1.68 bits per heavy atom.